The third-order valence-electron chi connectivity index (χ3n) is 2.88. The molecule has 2 aromatic heterocycles. The van der Waals surface area contributed by atoms with Gasteiger partial charge in [-0.15, -0.1) is 0 Å². The minimum atomic E-state index is -0.0209. The van der Waals surface area contributed by atoms with Gasteiger partial charge in [0.15, 0.2) is 5.65 Å². The molecule has 1 unspecified atom stereocenters. The van der Waals surface area contributed by atoms with Crippen LogP contribution in [-0.4, -0.2) is 51.5 Å². The Morgan fingerprint density at radius 3 is 2.94 bits per heavy atom. The minimum absolute atomic E-state index is 0.0209. The highest BCUT2D eigenvalue weighted by molar-refractivity contribution is 5.87. The van der Waals surface area contributed by atoms with Crippen molar-refractivity contribution >= 4 is 22.8 Å². The van der Waals surface area contributed by atoms with Crippen LogP contribution >= 0.6 is 0 Å². The summed E-state index contributed by atoms with van der Waals surface area (Å²) in [5, 5.41) is 20.0. The van der Waals surface area contributed by atoms with E-state index in [1.165, 1.54) is 0 Å². The maximum absolute atomic E-state index is 9.24. The molecule has 2 heterocycles. The number of fused-ring (bicyclic) bond motifs is 1. The monoisotopic (exact) mass is 250 g/mol. The Balaban J connectivity index is 2.49. The average molecular weight is 250 g/mol. The summed E-state index contributed by atoms with van der Waals surface area (Å²) in [5.41, 5.74) is 0.688. The molecule has 3 N–H and O–H groups in total. The maximum Gasteiger partial charge on any atom is 0.226 e. The fourth-order valence-corrected chi connectivity index (χ4v) is 1.66. The Morgan fingerprint density at radius 1 is 1.50 bits per heavy atom. The van der Waals surface area contributed by atoms with Crippen molar-refractivity contribution in [3.8, 4) is 0 Å². The van der Waals surface area contributed by atoms with Crippen molar-refractivity contribution in [3.63, 3.8) is 0 Å². The third kappa shape index (κ3) is 2.21. The summed E-state index contributed by atoms with van der Waals surface area (Å²) in [7, 11) is 1.89. The number of aliphatic hydroxyl groups excluding tert-OH is 1. The number of anilines is 2. The van der Waals surface area contributed by atoms with Gasteiger partial charge in [-0.1, -0.05) is 0 Å². The Bertz CT molecular complexity index is 525. The van der Waals surface area contributed by atoms with Crippen molar-refractivity contribution in [1.82, 2.24) is 20.2 Å². The van der Waals surface area contributed by atoms with E-state index in [-0.39, 0.29) is 12.6 Å². The zero-order valence-electron chi connectivity index (χ0n) is 10.8. The van der Waals surface area contributed by atoms with E-state index < -0.39 is 0 Å². The normalized spacial score (nSPS) is 12.7. The molecule has 0 bridgehead atoms. The van der Waals surface area contributed by atoms with Gasteiger partial charge in [0.1, 0.15) is 5.82 Å². The van der Waals surface area contributed by atoms with Crippen LogP contribution < -0.4 is 10.2 Å². The minimum Gasteiger partial charge on any atom is -0.394 e. The highest BCUT2D eigenvalue weighted by Crippen LogP contribution is 2.24. The van der Waals surface area contributed by atoms with E-state index in [0.29, 0.717) is 11.6 Å². The summed E-state index contributed by atoms with van der Waals surface area (Å²) >= 11 is 0. The van der Waals surface area contributed by atoms with Gasteiger partial charge in [0, 0.05) is 13.6 Å². The summed E-state index contributed by atoms with van der Waals surface area (Å²) < 4.78 is 0. The predicted molar refractivity (Wildman–Crippen MR) is 70.8 cm³/mol. The van der Waals surface area contributed by atoms with E-state index in [2.05, 4.69) is 25.5 Å². The highest BCUT2D eigenvalue weighted by atomic mass is 16.3. The molecule has 0 radical (unpaired) electrons. The van der Waals surface area contributed by atoms with Gasteiger partial charge in [-0.2, -0.15) is 15.1 Å². The van der Waals surface area contributed by atoms with E-state index in [9.17, 15) is 5.11 Å². The lowest BCUT2D eigenvalue weighted by molar-refractivity contribution is 0.270. The van der Waals surface area contributed by atoms with E-state index >= 15 is 0 Å². The van der Waals surface area contributed by atoms with Crippen LogP contribution in [0.1, 0.15) is 13.8 Å². The fourth-order valence-electron chi connectivity index (χ4n) is 1.66. The molecule has 0 aliphatic carbocycles. The summed E-state index contributed by atoms with van der Waals surface area (Å²) in [4.78, 5) is 10.7. The summed E-state index contributed by atoms with van der Waals surface area (Å²) in [6, 6.07) is -0.0209. The molecule has 0 aliphatic rings. The van der Waals surface area contributed by atoms with Gasteiger partial charge >= 0.3 is 0 Å². The Labute approximate surface area is 105 Å². The Hall–Kier alpha value is -1.89. The molecule has 0 fully saturated rings. The first kappa shape index (κ1) is 12.6. The molecule has 2 aromatic rings. The van der Waals surface area contributed by atoms with Crippen LogP contribution in [0.15, 0.2) is 6.20 Å². The fraction of sp³-hybridized carbons (Fsp3) is 0.545. The number of rotatable bonds is 5. The molecule has 0 aromatic carbocycles. The number of nitrogens with zero attached hydrogens (tertiary/aromatic N) is 4. The van der Waals surface area contributed by atoms with E-state index in [1.54, 1.807) is 6.20 Å². The lowest BCUT2D eigenvalue weighted by Crippen LogP contribution is -2.32. The van der Waals surface area contributed by atoms with Crippen LogP contribution in [0.25, 0.3) is 11.0 Å². The Morgan fingerprint density at radius 2 is 2.28 bits per heavy atom. The van der Waals surface area contributed by atoms with Gasteiger partial charge in [-0.05, 0) is 13.8 Å². The number of nitrogens with one attached hydrogen (secondary N) is 2. The van der Waals surface area contributed by atoms with Crippen LogP contribution in [0.4, 0.5) is 11.8 Å². The van der Waals surface area contributed by atoms with Crippen molar-refractivity contribution in [2.45, 2.75) is 19.9 Å². The van der Waals surface area contributed by atoms with Crippen molar-refractivity contribution in [2.24, 2.45) is 0 Å². The summed E-state index contributed by atoms with van der Waals surface area (Å²) in [5.74, 6) is 1.31. The number of likely N-dealkylation sites (N-methyl/N-ethyl adjacent to an activating group) is 1. The largest absolute Gasteiger partial charge is 0.394 e. The molecule has 2 rings (SSSR count). The highest BCUT2D eigenvalue weighted by Gasteiger charge is 2.16. The molecule has 98 valence electrons. The van der Waals surface area contributed by atoms with Crippen LogP contribution in [0, 0.1) is 0 Å². The zero-order valence-corrected chi connectivity index (χ0v) is 10.8. The Kier molecular flexibility index (Phi) is 3.61. The van der Waals surface area contributed by atoms with Crippen LogP contribution in [0.2, 0.25) is 0 Å². The van der Waals surface area contributed by atoms with Gasteiger partial charge in [0.05, 0.1) is 24.2 Å². The number of aromatic nitrogens is 4. The predicted octanol–water partition coefficient (Wildman–Crippen LogP) is 0.602. The second-order valence-corrected chi connectivity index (χ2v) is 4.18. The van der Waals surface area contributed by atoms with Crippen molar-refractivity contribution < 1.29 is 5.11 Å². The van der Waals surface area contributed by atoms with Gasteiger partial charge in [0.25, 0.3) is 0 Å². The SMILES string of the molecule is CCNc1nc(N(C)C(C)CO)c2cn[nH]c2n1. The molecule has 0 amide bonds. The van der Waals surface area contributed by atoms with Crippen molar-refractivity contribution in [3.05, 3.63) is 6.20 Å². The molecule has 0 saturated heterocycles. The van der Waals surface area contributed by atoms with Crippen LogP contribution in [0.5, 0.6) is 0 Å². The van der Waals surface area contributed by atoms with Gasteiger partial charge in [-0.25, -0.2) is 0 Å². The average Bonchev–Trinajstić information content (AvgIpc) is 2.84. The molecule has 18 heavy (non-hydrogen) atoms. The zero-order chi connectivity index (χ0) is 13.1. The topological polar surface area (TPSA) is 90.0 Å². The molecular weight excluding hydrogens is 232 g/mol. The van der Waals surface area contributed by atoms with Gasteiger partial charge < -0.3 is 15.3 Å². The van der Waals surface area contributed by atoms with E-state index in [4.69, 9.17) is 0 Å². The molecule has 0 spiro atoms. The number of aliphatic hydroxyl groups is 1. The third-order valence-corrected chi connectivity index (χ3v) is 2.88. The maximum atomic E-state index is 9.24. The number of H-pyrrole nitrogens is 1. The second kappa shape index (κ2) is 5.18. The molecule has 0 saturated carbocycles. The van der Waals surface area contributed by atoms with Gasteiger partial charge in [-0.3, -0.25) is 5.10 Å². The second-order valence-electron chi connectivity index (χ2n) is 4.18. The summed E-state index contributed by atoms with van der Waals surface area (Å²) in [6.07, 6.45) is 1.70. The van der Waals surface area contributed by atoms with E-state index in [1.807, 2.05) is 25.8 Å². The molecule has 7 heteroatoms. The molecular formula is C11H18N6O. The van der Waals surface area contributed by atoms with Crippen LogP contribution in [-0.2, 0) is 0 Å². The lowest BCUT2D eigenvalue weighted by Gasteiger charge is -2.24. The first-order valence-electron chi connectivity index (χ1n) is 5.96. The standard InChI is InChI=1S/C11H18N6O/c1-4-12-11-14-9-8(5-13-16-9)10(15-11)17(3)7(2)6-18/h5,7,18H,4,6H2,1-3H3,(H2,12,13,14,15,16). The smallest absolute Gasteiger partial charge is 0.226 e. The van der Waals surface area contributed by atoms with Crippen molar-refractivity contribution in [1.29, 1.82) is 0 Å². The number of hydrogen-bond donors (Lipinski definition) is 3. The number of hydrogen-bond acceptors (Lipinski definition) is 6. The molecule has 0 aliphatic heterocycles. The van der Waals surface area contributed by atoms with Gasteiger partial charge in [0.2, 0.25) is 5.95 Å². The first-order chi connectivity index (χ1) is 8.67. The lowest BCUT2D eigenvalue weighted by atomic mass is 10.3. The van der Waals surface area contributed by atoms with Crippen molar-refractivity contribution in [2.75, 3.05) is 30.4 Å². The molecule has 1 atom stereocenters. The number of aromatic amines is 1. The molecule has 7 nitrogen and oxygen atoms in total. The summed E-state index contributed by atoms with van der Waals surface area (Å²) in [6.45, 7) is 4.73. The van der Waals surface area contributed by atoms with Crippen LogP contribution in [0.3, 0.4) is 0 Å². The quantitative estimate of drug-likeness (QED) is 0.720. The first-order valence-corrected chi connectivity index (χ1v) is 5.96. The van der Waals surface area contributed by atoms with E-state index in [0.717, 1.165) is 17.7 Å².